The molecule has 84 heavy (non-hydrogen) atoms. The normalized spacial score (nSPS) is 21.8. The predicted octanol–water partition coefficient (Wildman–Crippen LogP) is 8.58. The number of ether oxygens (including phenoxy) is 2. The topological polar surface area (TPSA) is 220 Å². The van der Waals surface area contributed by atoms with Crippen LogP contribution in [0, 0.1) is 17.3 Å². The third-order valence-corrected chi connectivity index (χ3v) is 20.0. The van der Waals surface area contributed by atoms with Crippen molar-refractivity contribution in [2.75, 3.05) is 45.9 Å². The number of benzene rings is 4. The fourth-order valence-corrected chi connectivity index (χ4v) is 15.2. The Morgan fingerprint density at radius 2 is 1.61 bits per heavy atom. The molecule has 446 valence electrons. The van der Waals surface area contributed by atoms with Crippen LogP contribution in [0.15, 0.2) is 108 Å². The Balaban J connectivity index is 0.847. The van der Waals surface area contributed by atoms with Crippen molar-refractivity contribution in [1.29, 1.82) is 0 Å². The van der Waals surface area contributed by atoms with E-state index in [-0.39, 0.29) is 77.0 Å². The summed E-state index contributed by atoms with van der Waals surface area (Å²) in [7, 11) is -2.82. The minimum Gasteiger partial charge on any atom is -0.465 e. The van der Waals surface area contributed by atoms with E-state index < -0.39 is 60.8 Å². The number of nitrogens with one attached hydrogen (secondary N) is 3. The molecule has 2 aromatic heterocycles. The van der Waals surface area contributed by atoms with Gasteiger partial charge < -0.3 is 29.1 Å². The number of carbonyl (C=O) groups excluding carboxylic acids is 6. The lowest BCUT2D eigenvalue weighted by Gasteiger charge is -2.40. The second-order valence-electron chi connectivity index (χ2n) is 23.7. The number of hydrogen-bond acceptors (Lipinski definition) is 13. The van der Waals surface area contributed by atoms with Gasteiger partial charge in [0.05, 0.1) is 35.7 Å². The molecule has 0 radical (unpaired) electrons. The third-order valence-electron chi connectivity index (χ3n) is 16.8. The summed E-state index contributed by atoms with van der Waals surface area (Å²) in [4.78, 5) is 102. The molecule has 5 amide bonds. The summed E-state index contributed by atoms with van der Waals surface area (Å²) in [5, 5.41) is 8.50. The zero-order valence-corrected chi connectivity index (χ0v) is 50.0. The number of para-hydroxylation sites is 1. The number of carbonyl (C=O) groups is 6. The number of aromatic nitrogens is 2. The van der Waals surface area contributed by atoms with E-state index in [1.807, 2.05) is 74.2 Å². The number of likely N-dealkylation sites (tertiary alicyclic amines) is 2. The molecule has 3 unspecified atom stereocenters. The number of hydrogen-bond donors (Lipinski definition) is 3. The van der Waals surface area contributed by atoms with Gasteiger partial charge in [0.2, 0.25) is 29.5 Å². The summed E-state index contributed by atoms with van der Waals surface area (Å²) in [6.07, 6.45) is 3.16. The van der Waals surface area contributed by atoms with Gasteiger partial charge in [-0.15, -0.1) is 11.3 Å². The van der Waals surface area contributed by atoms with Crippen LogP contribution in [0.5, 0.6) is 5.75 Å². The van der Waals surface area contributed by atoms with Crippen LogP contribution in [-0.4, -0.2) is 123 Å². The van der Waals surface area contributed by atoms with E-state index in [2.05, 4.69) is 20.6 Å². The third kappa shape index (κ3) is 13.0. The molecular weight excluding hydrogens is 1110 g/mol. The Bertz CT molecular complexity index is 3540. The van der Waals surface area contributed by atoms with Crippen molar-refractivity contribution >= 4 is 75.5 Å². The van der Waals surface area contributed by atoms with Gasteiger partial charge in [0.1, 0.15) is 36.0 Å². The second kappa shape index (κ2) is 25.3. The number of esters is 1. The van der Waals surface area contributed by atoms with Crippen LogP contribution in [0.2, 0.25) is 0 Å². The number of imide groups is 1. The number of thiophene rings is 1. The first-order valence-electron chi connectivity index (χ1n) is 29.0. The lowest BCUT2D eigenvalue weighted by atomic mass is 9.82. The van der Waals surface area contributed by atoms with Crippen molar-refractivity contribution < 1.29 is 51.7 Å². The average molecular weight is 1190 g/mol. The van der Waals surface area contributed by atoms with Crippen molar-refractivity contribution in [1.82, 2.24) is 39.6 Å². The highest BCUT2D eigenvalue weighted by Gasteiger charge is 2.49. The van der Waals surface area contributed by atoms with Crippen LogP contribution in [0.3, 0.4) is 0 Å². The first-order valence-corrected chi connectivity index (χ1v) is 31.5. The average Bonchev–Trinajstić information content (AvgIpc) is 2.70. The summed E-state index contributed by atoms with van der Waals surface area (Å²) < 4.78 is 52.1. The molecule has 22 heteroatoms. The predicted molar refractivity (Wildman–Crippen MR) is 317 cm³/mol. The summed E-state index contributed by atoms with van der Waals surface area (Å²) in [6.45, 7) is 12.4. The number of fused-ring (bicyclic) bond motifs is 2. The lowest BCUT2D eigenvalue weighted by Crippen LogP contribution is -2.59. The molecule has 4 saturated heterocycles. The van der Waals surface area contributed by atoms with Crippen LogP contribution >= 0.6 is 18.9 Å². The molecular formula is C62H74FN8O11PS. The molecule has 0 aliphatic carbocycles. The van der Waals surface area contributed by atoms with Gasteiger partial charge >= 0.3 is 19.2 Å². The first-order chi connectivity index (χ1) is 40.2. The Hall–Kier alpha value is -7.03. The second-order valence-corrected chi connectivity index (χ2v) is 26.8. The number of aryl methyl sites for hydroxylation is 1. The Morgan fingerprint density at radius 1 is 0.881 bits per heavy atom. The van der Waals surface area contributed by atoms with Crippen molar-refractivity contribution in [2.24, 2.45) is 24.3 Å². The zero-order valence-electron chi connectivity index (χ0n) is 48.3. The standard InChI is InChI=1S/C62H74FN8O11PS/c1-7-80-60(77)38(2)66-83(79,82-45-16-12-9-13-17-45)55(63)43-19-22-50-44(34-43)35-51(84-50)57(74)65-54(62(3,4)5)59(76)70-29-26-42(53(70)58(75)69-30-31-81-49(37-69)41-14-10-8-11-15-41)32-39-24-27-68(28-25-39)36-40-18-20-46-48(33-40)67(6)61(78)71(46)47-21-23-52(72)64-56(47)73/h8-20,22,33-35,38-39,42,47,49,53-55H,7,21,23-32,36-37H2,1-6H3,(H,65,74)(H,66,79)(H,64,72,73)/t38-,42-,47?,49-,53-,54+,55?,83?/m0/s1. The van der Waals surface area contributed by atoms with Gasteiger partial charge in [-0.1, -0.05) is 81.4 Å². The van der Waals surface area contributed by atoms with E-state index >= 15 is 14.0 Å². The molecule has 8 atom stereocenters. The zero-order chi connectivity index (χ0) is 59.6. The molecule has 4 aliphatic heterocycles. The van der Waals surface area contributed by atoms with Crippen molar-refractivity contribution in [3.8, 4) is 5.75 Å². The molecule has 6 heterocycles. The van der Waals surface area contributed by atoms with Gasteiger partial charge in [0.25, 0.3) is 5.91 Å². The van der Waals surface area contributed by atoms with Gasteiger partial charge in [0, 0.05) is 37.8 Å². The fraction of sp³-hybridized carbons (Fsp3) is 0.468. The molecule has 0 bridgehead atoms. The maximum absolute atomic E-state index is 16.8. The number of imidazole rings is 1. The van der Waals surface area contributed by atoms with E-state index in [0.29, 0.717) is 60.3 Å². The van der Waals surface area contributed by atoms with E-state index in [1.165, 1.54) is 35.8 Å². The molecule has 0 spiro atoms. The van der Waals surface area contributed by atoms with Gasteiger partial charge in [-0.05, 0) is 141 Å². The van der Waals surface area contributed by atoms with Crippen LogP contribution in [0.4, 0.5) is 4.39 Å². The summed E-state index contributed by atoms with van der Waals surface area (Å²) in [5.41, 5.74) is 2.19. The Kier molecular flexibility index (Phi) is 18.1. The van der Waals surface area contributed by atoms with Crippen LogP contribution in [0.1, 0.15) is 118 Å². The fourth-order valence-electron chi connectivity index (χ4n) is 12.3. The Morgan fingerprint density at radius 3 is 2.31 bits per heavy atom. The highest BCUT2D eigenvalue weighted by atomic mass is 32.1. The highest BCUT2D eigenvalue weighted by molar-refractivity contribution is 7.57. The quantitative estimate of drug-likeness (QED) is 0.0418. The molecule has 0 saturated carbocycles. The van der Waals surface area contributed by atoms with Crippen LogP contribution in [-0.2, 0) is 51.6 Å². The number of piperidine rings is 2. The molecule has 19 nitrogen and oxygen atoms in total. The first kappa shape index (κ1) is 60.1. The molecule has 3 N–H and O–H groups in total. The number of nitrogens with zero attached hydrogens (tertiary/aromatic N) is 5. The number of rotatable bonds is 18. The van der Waals surface area contributed by atoms with Crippen LogP contribution < -0.4 is 25.9 Å². The van der Waals surface area contributed by atoms with Crippen molar-refractivity contribution in [2.45, 2.75) is 116 Å². The summed E-state index contributed by atoms with van der Waals surface area (Å²) in [5.74, 6) is -4.56. The molecule has 4 aromatic carbocycles. The van der Waals surface area contributed by atoms with E-state index in [9.17, 15) is 28.5 Å². The number of morpholine rings is 1. The minimum absolute atomic E-state index is 0.0105. The smallest absolute Gasteiger partial charge is 0.355 e. The molecule has 4 aliphatic rings. The largest absolute Gasteiger partial charge is 0.465 e. The van der Waals surface area contributed by atoms with E-state index in [1.54, 1.807) is 53.8 Å². The van der Waals surface area contributed by atoms with Crippen molar-refractivity contribution in [3.63, 3.8) is 0 Å². The van der Waals surface area contributed by atoms with Gasteiger partial charge in [-0.3, -0.25) is 52.7 Å². The number of alkyl halides is 1. The number of amides is 5. The van der Waals surface area contributed by atoms with Gasteiger partial charge in [-0.25, -0.2) is 14.3 Å². The summed E-state index contributed by atoms with van der Waals surface area (Å²) in [6, 6.07) is 26.2. The molecule has 6 aromatic rings. The maximum Gasteiger partial charge on any atom is 0.355 e. The minimum atomic E-state index is -4.51. The number of halogens is 1. The highest BCUT2D eigenvalue weighted by Crippen LogP contribution is 2.58. The Labute approximate surface area is 491 Å². The lowest BCUT2D eigenvalue weighted by molar-refractivity contribution is -0.152. The molecule has 10 rings (SSSR count). The van der Waals surface area contributed by atoms with Gasteiger partial charge in [-0.2, -0.15) is 0 Å². The SMILES string of the molecule is CCOC(=O)[C@H](C)NP(=O)(Oc1ccccc1)C(F)c1ccc2sc(C(=O)N[C@H](C(=O)N3CC[C@@H](CC4CCN(Cc5ccc6c(c5)n(C)c(=O)n6C5CCC(=O)NC5=O)CC4)[C@H]3C(=O)N3CCO[C@H](c4ccccc4)C3)C(C)(C)C)cc2c1. The van der Waals surface area contributed by atoms with Crippen LogP contribution in [0.25, 0.3) is 21.1 Å². The van der Waals surface area contributed by atoms with E-state index in [0.717, 1.165) is 54.8 Å². The van der Waals surface area contributed by atoms with Crippen molar-refractivity contribution in [3.05, 3.63) is 135 Å². The maximum atomic E-state index is 16.8. The van der Waals surface area contributed by atoms with E-state index in [4.69, 9.17) is 14.0 Å². The molecule has 4 fully saturated rings. The van der Waals surface area contributed by atoms with Gasteiger partial charge in [0.15, 0.2) is 0 Å². The monoisotopic (exact) mass is 1190 g/mol. The summed E-state index contributed by atoms with van der Waals surface area (Å²) >= 11 is 1.16.